The number of benzene rings is 1. The Morgan fingerprint density at radius 1 is 1.22 bits per heavy atom. The van der Waals surface area contributed by atoms with Crippen molar-refractivity contribution in [1.29, 1.82) is 0 Å². The molecule has 0 aliphatic heterocycles. The van der Waals surface area contributed by atoms with Crippen LogP contribution < -0.4 is 15.4 Å². The highest BCUT2D eigenvalue weighted by atomic mass is 16.6. The van der Waals surface area contributed by atoms with Crippen LogP contribution in [0.15, 0.2) is 24.3 Å². The van der Waals surface area contributed by atoms with Crippen LogP contribution in [0.2, 0.25) is 0 Å². The molecule has 1 aliphatic rings. The van der Waals surface area contributed by atoms with Crippen molar-refractivity contribution in [3.8, 4) is 5.75 Å². The molecular weight excluding hydrogens is 292 g/mol. The van der Waals surface area contributed by atoms with E-state index in [0.29, 0.717) is 12.3 Å². The molecule has 23 heavy (non-hydrogen) atoms. The second kappa shape index (κ2) is 8.20. The van der Waals surface area contributed by atoms with Gasteiger partial charge in [0.15, 0.2) is 0 Å². The van der Waals surface area contributed by atoms with Gasteiger partial charge in [-0.2, -0.15) is 0 Å². The van der Waals surface area contributed by atoms with Crippen LogP contribution in [-0.2, 0) is 4.74 Å². The molecule has 0 unspecified atom stereocenters. The zero-order chi connectivity index (χ0) is 16.7. The van der Waals surface area contributed by atoms with Crippen LogP contribution in [0.4, 0.5) is 10.5 Å². The molecular formula is C18H28N2O3. The molecule has 1 fully saturated rings. The molecule has 5 heteroatoms. The third kappa shape index (κ3) is 6.91. The van der Waals surface area contributed by atoms with E-state index in [1.54, 1.807) is 12.1 Å². The maximum atomic E-state index is 11.7. The van der Waals surface area contributed by atoms with Gasteiger partial charge < -0.3 is 14.8 Å². The lowest BCUT2D eigenvalue weighted by Gasteiger charge is -2.25. The fraction of sp³-hybridized carbons (Fsp3) is 0.611. The number of carbonyl (C=O) groups excluding carboxylic acids is 1. The maximum absolute atomic E-state index is 11.7. The van der Waals surface area contributed by atoms with Gasteiger partial charge in [-0.3, -0.25) is 5.32 Å². The van der Waals surface area contributed by atoms with Crippen LogP contribution in [0, 0.1) is 5.92 Å². The van der Waals surface area contributed by atoms with E-state index in [2.05, 4.69) is 10.6 Å². The monoisotopic (exact) mass is 320 g/mol. The molecule has 1 aromatic rings. The molecule has 0 aromatic heterocycles. The Bertz CT molecular complexity index is 490. The average Bonchev–Trinajstić information content (AvgIpc) is 2.40. The first-order valence-corrected chi connectivity index (χ1v) is 8.36. The zero-order valence-corrected chi connectivity index (χ0v) is 14.4. The molecule has 1 aliphatic carbocycles. The van der Waals surface area contributed by atoms with E-state index in [1.807, 2.05) is 32.9 Å². The summed E-state index contributed by atoms with van der Waals surface area (Å²) in [5, 5.41) is 6.12. The minimum Gasteiger partial charge on any atom is -0.492 e. The van der Waals surface area contributed by atoms with Gasteiger partial charge in [0.05, 0.1) is 0 Å². The van der Waals surface area contributed by atoms with Crippen molar-refractivity contribution < 1.29 is 14.3 Å². The Morgan fingerprint density at radius 2 is 1.91 bits per heavy atom. The third-order valence-electron chi connectivity index (χ3n) is 3.70. The lowest BCUT2D eigenvalue weighted by molar-refractivity contribution is 0.0636. The molecule has 0 spiro atoms. The Labute approximate surface area is 138 Å². The van der Waals surface area contributed by atoms with Crippen LogP contribution in [0.25, 0.3) is 0 Å². The Morgan fingerprint density at radius 3 is 2.48 bits per heavy atom. The molecule has 1 saturated carbocycles. The van der Waals surface area contributed by atoms with Crippen LogP contribution >= 0.6 is 0 Å². The van der Waals surface area contributed by atoms with Gasteiger partial charge >= 0.3 is 6.09 Å². The number of nitrogens with one attached hydrogen (secondary N) is 2. The normalized spacial score (nSPS) is 14.9. The Balaban J connectivity index is 1.64. The Hall–Kier alpha value is -1.75. The third-order valence-corrected chi connectivity index (χ3v) is 3.70. The van der Waals surface area contributed by atoms with Gasteiger partial charge in [0.1, 0.15) is 18.0 Å². The summed E-state index contributed by atoms with van der Waals surface area (Å²) < 4.78 is 10.9. The predicted octanol–water partition coefficient (Wildman–Crippen LogP) is 3.80. The van der Waals surface area contributed by atoms with Crippen LogP contribution in [0.1, 0.15) is 40.0 Å². The second-order valence-electron chi connectivity index (χ2n) is 7.00. The summed E-state index contributed by atoms with van der Waals surface area (Å²) in [5.74, 6) is 1.67. The zero-order valence-electron chi connectivity index (χ0n) is 14.4. The minimum atomic E-state index is -0.500. The summed E-state index contributed by atoms with van der Waals surface area (Å²) in [7, 11) is 0. The molecule has 5 nitrogen and oxygen atoms in total. The summed E-state index contributed by atoms with van der Waals surface area (Å²) in [5.41, 5.74) is 0.189. The first kappa shape index (κ1) is 17.6. The fourth-order valence-electron chi connectivity index (χ4n) is 2.30. The highest BCUT2D eigenvalue weighted by Gasteiger charge is 2.16. The van der Waals surface area contributed by atoms with E-state index < -0.39 is 11.7 Å². The molecule has 0 saturated heterocycles. The topological polar surface area (TPSA) is 59.6 Å². The van der Waals surface area contributed by atoms with Gasteiger partial charge in [-0.1, -0.05) is 6.42 Å². The fourth-order valence-corrected chi connectivity index (χ4v) is 2.30. The van der Waals surface area contributed by atoms with Gasteiger partial charge in [-0.05, 0) is 70.3 Å². The number of carbonyl (C=O) groups is 1. The molecule has 2 rings (SSSR count). The van der Waals surface area contributed by atoms with E-state index >= 15 is 0 Å². The van der Waals surface area contributed by atoms with Crippen LogP contribution in [-0.4, -0.2) is 31.4 Å². The van der Waals surface area contributed by atoms with Crippen LogP contribution in [0.5, 0.6) is 5.75 Å². The molecule has 0 heterocycles. The van der Waals surface area contributed by atoms with E-state index in [9.17, 15) is 4.79 Å². The smallest absolute Gasteiger partial charge is 0.412 e. The van der Waals surface area contributed by atoms with E-state index in [-0.39, 0.29) is 0 Å². The van der Waals surface area contributed by atoms with Crippen molar-refractivity contribution in [2.24, 2.45) is 5.92 Å². The van der Waals surface area contributed by atoms with Crippen molar-refractivity contribution in [2.75, 3.05) is 25.0 Å². The molecule has 1 amide bonds. The molecule has 0 bridgehead atoms. The highest BCUT2D eigenvalue weighted by molar-refractivity contribution is 5.84. The lowest BCUT2D eigenvalue weighted by atomic mass is 9.85. The summed E-state index contributed by atoms with van der Waals surface area (Å²) >= 11 is 0. The molecule has 1 aromatic carbocycles. The van der Waals surface area contributed by atoms with Gasteiger partial charge in [0.2, 0.25) is 0 Å². The van der Waals surface area contributed by atoms with E-state index in [1.165, 1.54) is 19.3 Å². The van der Waals surface area contributed by atoms with Crippen molar-refractivity contribution in [2.45, 2.75) is 45.6 Å². The summed E-state index contributed by atoms with van der Waals surface area (Å²) in [4.78, 5) is 11.7. The minimum absolute atomic E-state index is 0.452. The van der Waals surface area contributed by atoms with Gasteiger partial charge in [0.25, 0.3) is 0 Å². The van der Waals surface area contributed by atoms with Gasteiger partial charge in [0, 0.05) is 12.2 Å². The molecule has 0 radical (unpaired) electrons. The first-order chi connectivity index (χ1) is 10.9. The van der Waals surface area contributed by atoms with Crippen LogP contribution in [0.3, 0.4) is 0 Å². The van der Waals surface area contributed by atoms with Gasteiger partial charge in [-0.15, -0.1) is 0 Å². The van der Waals surface area contributed by atoms with Crippen molar-refractivity contribution in [3.05, 3.63) is 24.3 Å². The maximum Gasteiger partial charge on any atom is 0.412 e. The number of amides is 1. The first-order valence-electron chi connectivity index (χ1n) is 8.36. The lowest BCUT2D eigenvalue weighted by Crippen LogP contribution is -2.30. The molecule has 128 valence electrons. The largest absolute Gasteiger partial charge is 0.492 e. The van der Waals surface area contributed by atoms with Crippen molar-refractivity contribution in [1.82, 2.24) is 5.32 Å². The predicted molar refractivity (Wildman–Crippen MR) is 92.0 cm³/mol. The van der Waals surface area contributed by atoms with E-state index in [4.69, 9.17) is 9.47 Å². The summed E-state index contributed by atoms with van der Waals surface area (Å²) in [6.07, 6.45) is 3.65. The van der Waals surface area contributed by atoms with Crippen molar-refractivity contribution in [3.63, 3.8) is 0 Å². The summed E-state index contributed by atoms with van der Waals surface area (Å²) in [6.45, 7) is 8.11. The quantitative estimate of drug-likeness (QED) is 0.750. The molecule has 2 N–H and O–H groups in total. The number of hydrogen-bond acceptors (Lipinski definition) is 4. The SMILES string of the molecule is CC(C)(C)OC(=O)Nc1ccc(OCCNCC2CCC2)cc1. The van der Waals surface area contributed by atoms with Gasteiger partial charge in [-0.25, -0.2) is 4.79 Å². The summed E-state index contributed by atoms with van der Waals surface area (Å²) in [6, 6.07) is 7.30. The number of rotatable bonds is 7. The van der Waals surface area contributed by atoms with E-state index in [0.717, 1.165) is 24.8 Å². The number of hydrogen-bond donors (Lipinski definition) is 2. The van der Waals surface area contributed by atoms with Crippen molar-refractivity contribution >= 4 is 11.8 Å². The second-order valence-corrected chi connectivity index (χ2v) is 7.00. The number of anilines is 1. The molecule has 0 atom stereocenters. The standard InChI is InChI=1S/C18H28N2O3/c1-18(2,3)23-17(21)20-15-7-9-16(10-8-15)22-12-11-19-13-14-5-4-6-14/h7-10,14,19H,4-6,11-13H2,1-3H3,(H,20,21). The average molecular weight is 320 g/mol. The number of ether oxygens (including phenoxy) is 2. The Kier molecular flexibility index (Phi) is 6.28. The highest BCUT2D eigenvalue weighted by Crippen LogP contribution is 2.25.